The number of hydrogen-bond acceptors (Lipinski definition) is 6. The lowest BCUT2D eigenvalue weighted by Gasteiger charge is -2.72. The van der Waals surface area contributed by atoms with E-state index in [2.05, 4.69) is 77.4 Å². The third-order valence-corrected chi connectivity index (χ3v) is 19.0. The zero-order valence-electron chi connectivity index (χ0n) is 32.8. The van der Waals surface area contributed by atoms with E-state index < -0.39 is 9.84 Å². The summed E-state index contributed by atoms with van der Waals surface area (Å²) < 4.78 is 24.1. The van der Waals surface area contributed by atoms with Crippen molar-refractivity contribution < 1.29 is 18.0 Å². The smallest absolute Gasteiger partial charge is 0.310 e. The van der Waals surface area contributed by atoms with Gasteiger partial charge in [-0.15, -0.1) is 11.6 Å². The quantitative estimate of drug-likeness (QED) is 0.217. The molecule has 0 radical (unpaired) electrons. The van der Waals surface area contributed by atoms with Crippen molar-refractivity contribution in [3.05, 3.63) is 35.5 Å². The highest BCUT2D eigenvalue weighted by molar-refractivity contribution is 7.91. The van der Waals surface area contributed by atoms with Crippen molar-refractivity contribution in [1.82, 2.24) is 10.2 Å². The maximum atomic E-state index is 12.0. The number of alkyl halides is 1. The molecule has 8 heteroatoms. The molecule has 1 aliphatic heterocycles. The van der Waals surface area contributed by atoms with Gasteiger partial charge in [-0.05, 0) is 153 Å². The molecule has 1 N–H and O–H groups in total. The molecule has 10 atom stereocenters. The number of nitrogens with zero attached hydrogens (tertiary/aromatic N) is 1. The van der Waals surface area contributed by atoms with Gasteiger partial charge in [0.1, 0.15) is 0 Å². The van der Waals surface area contributed by atoms with Crippen LogP contribution in [0.4, 0.5) is 0 Å². The first-order chi connectivity index (χ1) is 23.8. The van der Waals surface area contributed by atoms with Crippen LogP contribution in [0.15, 0.2) is 35.5 Å². The first kappa shape index (κ1) is 39.5. The lowest BCUT2D eigenvalue weighted by Crippen LogP contribution is -2.68. The molecule has 7 aliphatic rings. The Bertz CT molecular complexity index is 1560. The Morgan fingerprint density at radius 1 is 0.902 bits per heavy atom. The molecule has 6 aliphatic carbocycles. The second-order valence-electron chi connectivity index (χ2n) is 19.7. The van der Waals surface area contributed by atoms with Gasteiger partial charge < -0.3 is 10.2 Å². The molecule has 51 heavy (non-hydrogen) atoms. The zero-order chi connectivity index (χ0) is 37.3. The van der Waals surface area contributed by atoms with Gasteiger partial charge in [-0.25, -0.2) is 8.42 Å². The van der Waals surface area contributed by atoms with E-state index in [-0.39, 0.29) is 22.0 Å². The lowest BCUT2D eigenvalue weighted by atomic mass is 9.33. The first-order valence-corrected chi connectivity index (χ1v) is 22.4. The van der Waals surface area contributed by atoms with E-state index in [4.69, 9.17) is 21.2 Å². The first-order valence-electron chi connectivity index (χ1n) is 20.2. The van der Waals surface area contributed by atoms with Gasteiger partial charge in [0.15, 0.2) is 9.84 Å². The number of rotatable bonds is 6. The minimum atomic E-state index is -2.84. The Morgan fingerprint density at radius 2 is 1.59 bits per heavy atom. The third-order valence-electron chi connectivity index (χ3n) is 17.0. The summed E-state index contributed by atoms with van der Waals surface area (Å²) in [6.45, 7) is 25.8. The van der Waals surface area contributed by atoms with Gasteiger partial charge in [-0.3, -0.25) is 0 Å². The fraction of sp³-hybridized carbons (Fsp3) is 0.837. The molecule has 1 unspecified atom stereocenters. The molecule has 4 saturated carbocycles. The van der Waals surface area contributed by atoms with Gasteiger partial charge in [0.25, 0.3) is 0 Å². The third kappa shape index (κ3) is 6.64. The van der Waals surface area contributed by atoms with Crippen molar-refractivity contribution in [3.8, 4) is 0 Å². The van der Waals surface area contributed by atoms with Crippen molar-refractivity contribution in [1.29, 1.82) is 0 Å². The average Bonchev–Trinajstić information content (AvgIpc) is 3.43. The summed E-state index contributed by atoms with van der Waals surface area (Å²) in [4.78, 5) is 18.5. The predicted octanol–water partition coefficient (Wildman–Crippen LogP) is 8.78. The van der Waals surface area contributed by atoms with E-state index >= 15 is 0 Å². The standard InChI is InChI=1S/C42H67ClN2O2S.CO2/c1-29(2)31-13-20-42(44-23-24-45-25-27-48(46,47)28-26-45)22-21-40(7)33(36(31)42)9-10-35-39(6)18-14-32(30-11-16-38(5,43)17-12-30)37(3,4)34(39)15-19-41(35,40)8;2-1-3/h11,14,31,33-36,44H,1,9-10,12-13,15-28H2,2-8H3;/t31-,33+,34-,35+,36+,38?,39-,40+,41+,42-;/m0./s1. The minimum absolute atomic E-state index is 0.0770. The normalized spacial score (nSPS) is 45.6. The van der Waals surface area contributed by atoms with E-state index in [1.807, 2.05) is 0 Å². The molecule has 7 rings (SSSR count). The van der Waals surface area contributed by atoms with Crippen molar-refractivity contribution in [2.24, 2.45) is 51.2 Å². The van der Waals surface area contributed by atoms with Gasteiger partial charge in [-0.1, -0.05) is 58.9 Å². The number of halogens is 1. The second-order valence-corrected chi connectivity index (χ2v) is 23.0. The Balaban J connectivity index is 0.00000144. The fourth-order valence-electron chi connectivity index (χ4n) is 14.2. The SMILES string of the molecule is C=C(C)[C@@H]1CC[C@]2(NCCN3CCS(=O)(=O)CC3)CC[C@]3(C)[C@H](CC[C@@H]4[C@@]5(C)CC=C(C6=CCC(C)(Cl)CC6)C(C)(C)[C@@H]5CC[C@]43C)[C@@H]12.O=C=O. The highest BCUT2D eigenvalue weighted by Crippen LogP contribution is 2.76. The van der Waals surface area contributed by atoms with E-state index in [0.29, 0.717) is 52.7 Å². The van der Waals surface area contributed by atoms with E-state index in [1.54, 1.807) is 11.1 Å². The number of carbonyl (C=O) groups excluding carboxylic acids is 2. The number of nitrogens with one attached hydrogen (secondary N) is 1. The Morgan fingerprint density at radius 3 is 2.22 bits per heavy atom. The van der Waals surface area contributed by atoms with Crippen LogP contribution >= 0.6 is 11.6 Å². The van der Waals surface area contributed by atoms with Crippen LogP contribution < -0.4 is 5.32 Å². The van der Waals surface area contributed by atoms with E-state index in [1.165, 1.54) is 63.4 Å². The molecule has 1 heterocycles. The van der Waals surface area contributed by atoms with Crippen molar-refractivity contribution in [2.45, 2.75) is 136 Å². The highest BCUT2D eigenvalue weighted by Gasteiger charge is 2.70. The molecular formula is C43H67ClN2O4S. The van der Waals surface area contributed by atoms with Crippen LogP contribution in [0.2, 0.25) is 0 Å². The number of allylic oxidation sites excluding steroid dienone is 5. The fourth-order valence-corrected chi connectivity index (χ4v) is 15.7. The van der Waals surface area contributed by atoms with Gasteiger partial charge in [0.05, 0.1) is 11.5 Å². The Hall–Kier alpha value is -1.24. The number of hydrogen-bond donors (Lipinski definition) is 1. The summed E-state index contributed by atoms with van der Waals surface area (Å²) in [6, 6.07) is 0. The maximum Gasteiger partial charge on any atom is 0.373 e. The largest absolute Gasteiger partial charge is 0.373 e. The number of sulfone groups is 1. The molecule has 0 aromatic rings. The second kappa shape index (κ2) is 13.8. The lowest BCUT2D eigenvalue weighted by molar-refractivity contribution is -0.221. The molecule has 0 bridgehead atoms. The van der Waals surface area contributed by atoms with Crippen LogP contribution in [0, 0.1) is 51.2 Å². The summed E-state index contributed by atoms with van der Waals surface area (Å²) in [5.74, 6) is 4.10. The predicted molar refractivity (Wildman–Crippen MR) is 207 cm³/mol. The summed E-state index contributed by atoms with van der Waals surface area (Å²) in [5.41, 5.74) is 6.05. The van der Waals surface area contributed by atoms with Gasteiger partial charge in [-0.2, -0.15) is 9.59 Å². The van der Waals surface area contributed by atoms with Crippen LogP contribution in [-0.2, 0) is 19.4 Å². The average molecular weight is 744 g/mol. The van der Waals surface area contributed by atoms with Gasteiger partial charge in [0, 0.05) is 36.6 Å². The van der Waals surface area contributed by atoms with E-state index in [9.17, 15) is 8.42 Å². The van der Waals surface area contributed by atoms with Crippen LogP contribution in [0.25, 0.3) is 0 Å². The molecule has 0 amide bonds. The van der Waals surface area contributed by atoms with Crippen LogP contribution in [0.3, 0.4) is 0 Å². The summed E-state index contributed by atoms with van der Waals surface area (Å²) in [5, 5.41) is 4.24. The zero-order valence-corrected chi connectivity index (χ0v) is 34.4. The van der Waals surface area contributed by atoms with Crippen molar-refractivity contribution in [3.63, 3.8) is 0 Å². The minimum Gasteiger partial charge on any atom is -0.310 e. The van der Waals surface area contributed by atoms with Crippen LogP contribution in [-0.4, -0.2) is 67.6 Å². The maximum absolute atomic E-state index is 12.0. The summed E-state index contributed by atoms with van der Waals surface area (Å²) >= 11 is 6.78. The molecule has 0 aromatic carbocycles. The summed E-state index contributed by atoms with van der Waals surface area (Å²) in [7, 11) is -2.84. The molecule has 6 nitrogen and oxygen atoms in total. The molecule has 5 fully saturated rings. The monoisotopic (exact) mass is 742 g/mol. The van der Waals surface area contributed by atoms with Gasteiger partial charge in [0.2, 0.25) is 0 Å². The summed E-state index contributed by atoms with van der Waals surface area (Å²) in [6.07, 6.45) is 20.4. The van der Waals surface area contributed by atoms with Gasteiger partial charge >= 0.3 is 6.15 Å². The van der Waals surface area contributed by atoms with Crippen molar-refractivity contribution >= 4 is 27.6 Å². The molecule has 0 spiro atoms. The van der Waals surface area contributed by atoms with Crippen LogP contribution in [0.5, 0.6) is 0 Å². The topological polar surface area (TPSA) is 83.6 Å². The molecule has 0 aromatic heterocycles. The van der Waals surface area contributed by atoms with Crippen LogP contribution in [0.1, 0.15) is 126 Å². The van der Waals surface area contributed by atoms with E-state index in [0.717, 1.165) is 50.1 Å². The number of fused-ring (bicyclic) bond motifs is 7. The van der Waals surface area contributed by atoms with Crippen molar-refractivity contribution in [2.75, 3.05) is 37.7 Å². The Kier molecular flexibility index (Phi) is 10.7. The highest BCUT2D eigenvalue weighted by atomic mass is 35.5. The molecular weight excluding hydrogens is 676 g/mol. The molecule has 286 valence electrons. The Labute approximate surface area is 315 Å². The molecule has 1 saturated heterocycles.